The normalized spacial score (nSPS) is 31.6. The minimum absolute atomic E-state index is 0.281. The Morgan fingerprint density at radius 3 is 2.93 bits per heavy atom. The van der Waals surface area contributed by atoms with Gasteiger partial charge < -0.3 is 10.2 Å². The number of nitrogens with zero attached hydrogens (tertiary/aromatic N) is 1. The van der Waals surface area contributed by atoms with Gasteiger partial charge in [0.05, 0.1) is 5.54 Å². The van der Waals surface area contributed by atoms with Gasteiger partial charge >= 0.3 is 0 Å². The zero-order valence-corrected chi connectivity index (χ0v) is 9.68. The van der Waals surface area contributed by atoms with Gasteiger partial charge in [0.1, 0.15) is 0 Å². The Morgan fingerprint density at radius 2 is 2.40 bits per heavy atom. The van der Waals surface area contributed by atoms with Gasteiger partial charge in [0, 0.05) is 13.1 Å². The summed E-state index contributed by atoms with van der Waals surface area (Å²) in [6, 6.07) is 0. The lowest BCUT2D eigenvalue weighted by atomic mass is 9.97. The van der Waals surface area contributed by atoms with Gasteiger partial charge in [0.2, 0.25) is 5.91 Å². The quantitative estimate of drug-likeness (QED) is 0.659. The number of carbonyl (C=O) groups is 1. The molecule has 0 aliphatic carbocycles. The van der Waals surface area contributed by atoms with Crippen molar-refractivity contribution < 1.29 is 4.79 Å². The third-order valence-electron chi connectivity index (χ3n) is 3.56. The van der Waals surface area contributed by atoms with Gasteiger partial charge in [-0.3, -0.25) is 4.79 Å². The number of amides is 1. The maximum atomic E-state index is 12.3. The molecule has 1 N–H and O–H groups in total. The zero-order valence-electron chi connectivity index (χ0n) is 9.68. The monoisotopic (exact) mass is 208 g/mol. The minimum atomic E-state index is -0.293. The maximum absolute atomic E-state index is 12.3. The summed E-state index contributed by atoms with van der Waals surface area (Å²) in [5, 5.41) is 3.33. The Hall–Kier alpha value is -0.830. The Bertz CT molecular complexity index is 290. The van der Waals surface area contributed by atoms with E-state index >= 15 is 0 Å². The molecular formula is C12H20N2O. The molecule has 2 aliphatic heterocycles. The lowest BCUT2D eigenvalue weighted by Crippen LogP contribution is -2.53. The molecule has 0 saturated carbocycles. The molecule has 1 fully saturated rings. The molecule has 3 nitrogen and oxygen atoms in total. The molecule has 1 atom stereocenters. The van der Waals surface area contributed by atoms with Crippen LogP contribution in [0.5, 0.6) is 0 Å². The molecule has 1 unspecified atom stereocenters. The van der Waals surface area contributed by atoms with Crippen molar-refractivity contribution in [2.75, 3.05) is 19.6 Å². The molecule has 0 aromatic rings. The molecule has 84 valence electrons. The van der Waals surface area contributed by atoms with Gasteiger partial charge in [-0.15, -0.1) is 0 Å². The van der Waals surface area contributed by atoms with E-state index in [0.717, 1.165) is 38.9 Å². The van der Waals surface area contributed by atoms with Crippen molar-refractivity contribution >= 4 is 5.91 Å². The molecule has 0 radical (unpaired) electrons. The van der Waals surface area contributed by atoms with Crippen LogP contribution in [0.1, 0.15) is 33.1 Å². The molecule has 0 spiro atoms. The Morgan fingerprint density at radius 1 is 1.60 bits per heavy atom. The van der Waals surface area contributed by atoms with Crippen LogP contribution in [-0.2, 0) is 4.79 Å². The number of nitrogens with one attached hydrogen (secondary N) is 1. The lowest BCUT2D eigenvalue weighted by Gasteiger charge is -2.33. The molecular weight excluding hydrogens is 188 g/mol. The zero-order chi connectivity index (χ0) is 10.9. The van der Waals surface area contributed by atoms with Crippen molar-refractivity contribution in [2.24, 2.45) is 0 Å². The first kappa shape index (κ1) is 10.7. The molecule has 0 aromatic heterocycles. The van der Waals surface area contributed by atoms with E-state index in [4.69, 9.17) is 0 Å². The van der Waals surface area contributed by atoms with E-state index in [0.29, 0.717) is 0 Å². The van der Waals surface area contributed by atoms with Crippen molar-refractivity contribution in [3.63, 3.8) is 0 Å². The standard InChI is InChI=1S/C12H20N2O/c1-10-4-8-14(9-5-10)11(15)12(2)6-3-7-13-12/h4,13H,3,5-9H2,1-2H3. The van der Waals surface area contributed by atoms with Crippen molar-refractivity contribution in [3.8, 4) is 0 Å². The van der Waals surface area contributed by atoms with E-state index < -0.39 is 0 Å². The van der Waals surface area contributed by atoms with E-state index in [2.05, 4.69) is 18.3 Å². The summed E-state index contributed by atoms with van der Waals surface area (Å²) in [6.07, 6.45) is 5.29. The highest BCUT2D eigenvalue weighted by Crippen LogP contribution is 2.23. The molecule has 1 saturated heterocycles. The second-order valence-electron chi connectivity index (χ2n) is 4.91. The van der Waals surface area contributed by atoms with Crippen LogP contribution >= 0.6 is 0 Å². The molecule has 3 heteroatoms. The number of hydrogen-bond acceptors (Lipinski definition) is 2. The predicted molar refractivity (Wildman–Crippen MR) is 60.6 cm³/mol. The highest BCUT2D eigenvalue weighted by molar-refractivity contribution is 5.86. The van der Waals surface area contributed by atoms with Crippen molar-refractivity contribution in [1.29, 1.82) is 0 Å². The third kappa shape index (κ3) is 2.07. The molecule has 0 aromatic carbocycles. The summed E-state index contributed by atoms with van der Waals surface area (Å²) in [5.41, 5.74) is 1.11. The average Bonchev–Trinajstić information content (AvgIpc) is 2.67. The second kappa shape index (κ2) is 3.97. The van der Waals surface area contributed by atoms with Gasteiger partial charge in [-0.1, -0.05) is 11.6 Å². The van der Waals surface area contributed by atoms with Crippen molar-refractivity contribution in [3.05, 3.63) is 11.6 Å². The van der Waals surface area contributed by atoms with Crippen LogP contribution in [0.3, 0.4) is 0 Å². The Kier molecular flexibility index (Phi) is 2.83. The van der Waals surface area contributed by atoms with Crippen LogP contribution < -0.4 is 5.32 Å². The second-order valence-corrected chi connectivity index (χ2v) is 4.91. The third-order valence-corrected chi connectivity index (χ3v) is 3.56. The van der Waals surface area contributed by atoms with E-state index in [1.54, 1.807) is 0 Å². The lowest BCUT2D eigenvalue weighted by molar-refractivity contribution is -0.136. The summed E-state index contributed by atoms with van der Waals surface area (Å²) < 4.78 is 0. The summed E-state index contributed by atoms with van der Waals surface area (Å²) in [6.45, 7) is 6.83. The van der Waals surface area contributed by atoms with Gasteiger partial charge in [-0.2, -0.15) is 0 Å². The first-order valence-corrected chi connectivity index (χ1v) is 5.82. The van der Waals surface area contributed by atoms with Crippen molar-refractivity contribution in [2.45, 2.75) is 38.6 Å². The number of carbonyl (C=O) groups excluding carboxylic acids is 1. The summed E-state index contributed by atoms with van der Waals surface area (Å²) in [5.74, 6) is 0.281. The number of rotatable bonds is 1. The van der Waals surface area contributed by atoms with Crippen LogP contribution in [0.15, 0.2) is 11.6 Å². The van der Waals surface area contributed by atoms with Gasteiger partial charge in [0.25, 0.3) is 0 Å². The first-order valence-electron chi connectivity index (χ1n) is 5.82. The first-order chi connectivity index (χ1) is 7.12. The van der Waals surface area contributed by atoms with Crippen LogP contribution in [0, 0.1) is 0 Å². The topological polar surface area (TPSA) is 32.3 Å². The fraction of sp³-hybridized carbons (Fsp3) is 0.750. The fourth-order valence-corrected chi connectivity index (χ4v) is 2.38. The highest BCUT2D eigenvalue weighted by Gasteiger charge is 2.38. The Balaban J connectivity index is 2.02. The molecule has 1 amide bonds. The van der Waals surface area contributed by atoms with E-state index in [9.17, 15) is 4.79 Å². The molecule has 0 bridgehead atoms. The molecule has 2 rings (SSSR count). The fourth-order valence-electron chi connectivity index (χ4n) is 2.38. The van der Waals surface area contributed by atoms with Crippen LogP contribution in [0.4, 0.5) is 0 Å². The smallest absolute Gasteiger partial charge is 0.242 e. The van der Waals surface area contributed by atoms with E-state index in [-0.39, 0.29) is 11.4 Å². The average molecular weight is 208 g/mol. The summed E-state index contributed by atoms with van der Waals surface area (Å²) in [7, 11) is 0. The highest BCUT2D eigenvalue weighted by atomic mass is 16.2. The van der Waals surface area contributed by atoms with Gasteiger partial charge in [0.15, 0.2) is 0 Å². The Labute approximate surface area is 91.5 Å². The minimum Gasteiger partial charge on any atom is -0.337 e. The van der Waals surface area contributed by atoms with Crippen LogP contribution in [0.25, 0.3) is 0 Å². The van der Waals surface area contributed by atoms with E-state index in [1.807, 2.05) is 11.8 Å². The SMILES string of the molecule is CC1=CCN(C(=O)C2(C)CCCN2)CC1. The maximum Gasteiger partial charge on any atom is 0.242 e. The molecule has 15 heavy (non-hydrogen) atoms. The number of hydrogen-bond donors (Lipinski definition) is 1. The van der Waals surface area contributed by atoms with Gasteiger partial charge in [-0.05, 0) is 39.7 Å². The van der Waals surface area contributed by atoms with Crippen LogP contribution in [0.2, 0.25) is 0 Å². The molecule has 2 heterocycles. The summed E-state index contributed by atoms with van der Waals surface area (Å²) in [4.78, 5) is 14.2. The van der Waals surface area contributed by atoms with Crippen molar-refractivity contribution in [1.82, 2.24) is 10.2 Å². The largest absolute Gasteiger partial charge is 0.337 e. The predicted octanol–water partition coefficient (Wildman–Crippen LogP) is 1.31. The molecule has 2 aliphatic rings. The van der Waals surface area contributed by atoms with E-state index in [1.165, 1.54) is 5.57 Å². The van der Waals surface area contributed by atoms with Gasteiger partial charge in [-0.25, -0.2) is 0 Å². The summed E-state index contributed by atoms with van der Waals surface area (Å²) >= 11 is 0. The van der Waals surface area contributed by atoms with Crippen LogP contribution in [-0.4, -0.2) is 36.0 Å².